The molecule has 174 valence electrons. The van der Waals surface area contributed by atoms with E-state index in [1.54, 1.807) is 13.0 Å². The first-order valence-corrected chi connectivity index (χ1v) is 11.4. The largest absolute Gasteiger partial charge is 0.467 e. The predicted octanol–water partition coefficient (Wildman–Crippen LogP) is 4.14. The lowest BCUT2D eigenvalue weighted by Crippen LogP contribution is -2.38. The monoisotopic (exact) mass is 456 g/mol. The first-order chi connectivity index (χ1) is 16.3. The second kappa shape index (κ2) is 9.52. The predicted molar refractivity (Wildman–Crippen MR) is 130 cm³/mol. The fraction of sp³-hybridized carbons (Fsp3) is 0.333. The summed E-state index contributed by atoms with van der Waals surface area (Å²) in [7, 11) is 1.28. The Morgan fingerprint density at radius 3 is 2.82 bits per heavy atom. The zero-order chi connectivity index (χ0) is 24.4. The van der Waals surface area contributed by atoms with Gasteiger partial charge in [0.2, 0.25) is 5.91 Å². The van der Waals surface area contributed by atoms with E-state index in [4.69, 9.17) is 4.98 Å². The SMILES string of the molecule is COC(=O)[C@@H](C)NC(=O)C=Cc1c(C#N)c2c(C)cc(C)nc2n1[C@H]1CCCc2ccccc21. The van der Waals surface area contributed by atoms with Crippen LogP contribution in [0.3, 0.4) is 0 Å². The number of aryl methyl sites for hydroxylation is 3. The summed E-state index contributed by atoms with van der Waals surface area (Å²) in [4.78, 5) is 29.1. The first kappa shape index (κ1) is 23.2. The van der Waals surface area contributed by atoms with E-state index in [2.05, 4.69) is 38.9 Å². The van der Waals surface area contributed by atoms with Gasteiger partial charge in [-0.05, 0) is 68.9 Å². The average Bonchev–Trinajstić information content (AvgIpc) is 3.14. The standard InChI is InChI=1S/C27H28N4O3/c1-16-14-17(2)29-26-25(16)21(15-28)23(12-13-24(32)30-18(3)27(33)34-4)31(26)22-11-7-9-19-8-5-6-10-20(19)22/h5-6,8,10,12-14,18,22H,7,9,11H2,1-4H3,(H,30,32)/t18-,22+/m1/s1. The Labute approximate surface area is 199 Å². The van der Waals surface area contributed by atoms with Gasteiger partial charge >= 0.3 is 5.97 Å². The molecule has 0 fully saturated rings. The number of nitrogens with zero attached hydrogens (tertiary/aromatic N) is 3. The molecular weight excluding hydrogens is 428 g/mol. The lowest BCUT2D eigenvalue weighted by molar-refractivity contribution is -0.144. The maximum Gasteiger partial charge on any atom is 0.328 e. The zero-order valence-corrected chi connectivity index (χ0v) is 19.9. The van der Waals surface area contributed by atoms with E-state index in [9.17, 15) is 14.9 Å². The van der Waals surface area contributed by atoms with Gasteiger partial charge in [-0.25, -0.2) is 9.78 Å². The molecule has 0 bridgehead atoms. The van der Waals surface area contributed by atoms with Crippen LogP contribution >= 0.6 is 0 Å². The highest BCUT2D eigenvalue weighted by molar-refractivity contribution is 5.97. The molecule has 34 heavy (non-hydrogen) atoms. The quantitative estimate of drug-likeness (QED) is 0.460. The minimum Gasteiger partial charge on any atom is -0.467 e. The minimum atomic E-state index is -0.778. The molecule has 0 radical (unpaired) electrons. The number of esters is 1. The molecule has 1 amide bonds. The molecule has 0 saturated carbocycles. The number of aromatic nitrogens is 2. The van der Waals surface area contributed by atoms with Crippen molar-refractivity contribution in [2.45, 2.75) is 52.1 Å². The van der Waals surface area contributed by atoms with Crippen LogP contribution in [0.4, 0.5) is 0 Å². The topological polar surface area (TPSA) is 97.0 Å². The average molecular weight is 457 g/mol. The Morgan fingerprint density at radius 2 is 2.09 bits per heavy atom. The van der Waals surface area contributed by atoms with Crippen molar-refractivity contribution in [3.8, 4) is 6.07 Å². The Morgan fingerprint density at radius 1 is 1.32 bits per heavy atom. The van der Waals surface area contributed by atoms with Gasteiger partial charge in [0.05, 0.1) is 24.4 Å². The van der Waals surface area contributed by atoms with Crippen LogP contribution in [0.5, 0.6) is 0 Å². The molecule has 2 aromatic heterocycles. The minimum absolute atomic E-state index is 0.0000426. The van der Waals surface area contributed by atoms with E-state index in [1.165, 1.54) is 24.3 Å². The molecule has 2 heterocycles. The van der Waals surface area contributed by atoms with Crippen LogP contribution in [-0.4, -0.2) is 34.6 Å². The molecule has 1 N–H and O–H groups in total. The first-order valence-electron chi connectivity index (χ1n) is 11.4. The molecule has 0 unspecified atom stereocenters. The zero-order valence-electron chi connectivity index (χ0n) is 19.9. The Bertz CT molecular complexity index is 1350. The van der Waals surface area contributed by atoms with Gasteiger partial charge in [0.15, 0.2) is 0 Å². The van der Waals surface area contributed by atoms with Gasteiger partial charge in [-0.1, -0.05) is 24.3 Å². The Kier molecular flexibility index (Phi) is 6.51. The van der Waals surface area contributed by atoms with Crippen LogP contribution in [-0.2, 0) is 20.7 Å². The van der Waals surface area contributed by atoms with Crippen molar-refractivity contribution < 1.29 is 14.3 Å². The Balaban J connectivity index is 1.88. The molecular formula is C27H28N4O3. The summed E-state index contributed by atoms with van der Waals surface area (Å²) >= 11 is 0. The second-order valence-electron chi connectivity index (χ2n) is 8.71. The fourth-order valence-electron chi connectivity index (χ4n) is 4.90. The van der Waals surface area contributed by atoms with Crippen molar-refractivity contribution in [3.05, 3.63) is 70.0 Å². The third kappa shape index (κ3) is 4.19. The maximum atomic E-state index is 12.6. The van der Waals surface area contributed by atoms with Crippen LogP contribution in [0.1, 0.15) is 59.4 Å². The van der Waals surface area contributed by atoms with Gasteiger partial charge in [0.1, 0.15) is 17.8 Å². The van der Waals surface area contributed by atoms with E-state index in [0.29, 0.717) is 11.3 Å². The van der Waals surface area contributed by atoms with Crippen molar-refractivity contribution in [2.75, 3.05) is 7.11 Å². The number of carbonyl (C=O) groups excluding carboxylic acids is 2. The summed E-state index contributed by atoms with van der Waals surface area (Å²) in [6.07, 6.45) is 5.97. The number of benzene rings is 1. The van der Waals surface area contributed by atoms with Crippen molar-refractivity contribution in [1.29, 1.82) is 5.26 Å². The lowest BCUT2D eigenvalue weighted by Gasteiger charge is -2.28. The second-order valence-corrected chi connectivity index (χ2v) is 8.71. The number of ether oxygens (including phenoxy) is 1. The molecule has 0 aliphatic heterocycles. The Hall–Kier alpha value is -3.92. The summed E-state index contributed by atoms with van der Waals surface area (Å²) in [6, 6.07) is 11.9. The van der Waals surface area contributed by atoms with Crippen LogP contribution in [0.15, 0.2) is 36.4 Å². The molecule has 1 aliphatic carbocycles. The van der Waals surface area contributed by atoms with E-state index in [-0.39, 0.29) is 6.04 Å². The van der Waals surface area contributed by atoms with Crippen molar-refractivity contribution in [1.82, 2.24) is 14.9 Å². The highest BCUT2D eigenvalue weighted by atomic mass is 16.5. The number of pyridine rings is 1. The van der Waals surface area contributed by atoms with Gasteiger partial charge in [-0.2, -0.15) is 5.26 Å². The van der Waals surface area contributed by atoms with Gasteiger partial charge in [-0.3, -0.25) is 4.79 Å². The third-order valence-corrected chi connectivity index (χ3v) is 6.39. The number of hydrogen-bond donors (Lipinski definition) is 1. The highest BCUT2D eigenvalue weighted by Gasteiger charge is 2.28. The smallest absolute Gasteiger partial charge is 0.328 e. The van der Waals surface area contributed by atoms with E-state index in [0.717, 1.165) is 41.6 Å². The van der Waals surface area contributed by atoms with Gasteiger partial charge < -0.3 is 14.6 Å². The number of rotatable bonds is 5. The number of methoxy groups -OCH3 is 1. The van der Waals surface area contributed by atoms with Gasteiger partial charge in [0.25, 0.3) is 0 Å². The molecule has 7 heteroatoms. The molecule has 7 nitrogen and oxygen atoms in total. The molecule has 1 aromatic carbocycles. The summed E-state index contributed by atoms with van der Waals surface area (Å²) in [5, 5.41) is 13.5. The lowest BCUT2D eigenvalue weighted by atomic mass is 9.87. The molecule has 0 saturated heterocycles. The van der Waals surface area contributed by atoms with E-state index >= 15 is 0 Å². The van der Waals surface area contributed by atoms with Gasteiger partial charge in [0, 0.05) is 17.2 Å². The number of hydrogen-bond acceptors (Lipinski definition) is 5. The molecule has 3 aromatic rings. The molecule has 4 rings (SSSR count). The molecule has 1 aliphatic rings. The van der Waals surface area contributed by atoms with E-state index in [1.807, 2.05) is 26.0 Å². The maximum absolute atomic E-state index is 12.6. The third-order valence-electron chi connectivity index (χ3n) is 6.39. The number of fused-ring (bicyclic) bond motifs is 2. The highest BCUT2D eigenvalue weighted by Crippen LogP contribution is 2.39. The van der Waals surface area contributed by atoms with Crippen LogP contribution in [0.2, 0.25) is 0 Å². The van der Waals surface area contributed by atoms with Crippen molar-refractivity contribution in [3.63, 3.8) is 0 Å². The van der Waals surface area contributed by atoms with E-state index < -0.39 is 17.9 Å². The summed E-state index contributed by atoms with van der Waals surface area (Å²) < 4.78 is 6.79. The van der Waals surface area contributed by atoms with Crippen LogP contribution in [0, 0.1) is 25.2 Å². The molecule has 0 spiro atoms. The normalized spacial score (nSPS) is 16.1. The number of nitriles is 1. The number of amides is 1. The number of nitrogens with one attached hydrogen (secondary N) is 1. The van der Waals surface area contributed by atoms with Crippen molar-refractivity contribution >= 4 is 29.0 Å². The van der Waals surface area contributed by atoms with Crippen molar-refractivity contribution in [2.24, 2.45) is 0 Å². The molecule has 2 atom stereocenters. The number of carbonyl (C=O) groups is 2. The van der Waals surface area contributed by atoms with Gasteiger partial charge in [-0.15, -0.1) is 0 Å². The fourth-order valence-corrected chi connectivity index (χ4v) is 4.90. The van der Waals surface area contributed by atoms with Crippen LogP contribution < -0.4 is 5.32 Å². The summed E-state index contributed by atoms with van der Waals surface area (Å²) in [5.41, 5.74) is 6.24. The summed E-state index contributed by atoms with van der Waals surface area (Å²) in [5.74, 6) is -0.966. The summed E-state index contributed by atoms with van der Waals surface area (Å²) in [6.45, 7) is 5.49. The van der Waals surface area contributed by atoms with Crippen LogP contribution in [0.25, 0.3) is 17.1 Å².